The van der Waals surface area contributed by atoms with Gasteiger partial charge in [0, 0.05) is 12.0 Å². The van der Waals surface area contributed by atoms with Crippen molar-refractivity contribution >= 4 is 22.6 Å². The molecule has 0 aliphatic rings. The number of amides is 1. The quantitative estimate of drug-likeness (QED) is 0.646. The first-order chi connectivity index (χ1) is 13.8. The summed E-state index contributed by atoms with van der Waals surface area (Å²) >= 11 is 0. The number of rotatable bonds is 5. The number of alkyl halides is 3. The number of halogens is 3. The van der Waals surface area contributed by atoms with Crippen LogP contribution >= 0.6 is 0 Å². The first-order valence-electron chi connectivity index (χ1n) is 8.82. The minimum atomic E-state index is -4.57. The number of fused-ring (bicyclic) bond motifs is 1. The van der Waals surface area contributed by atoms with Gasteiger partial charge in [-0.15, -0.1) is 0 Å². The maximum Gasteiger partial charge on any atom is 0.416 e. The van der Waals surface area contributed by atoms with Gasteiger partial charge < -0.3 is 10.1 Å². The van der Waals surface area contributed by atoms with Crippen LogP contribution in [-0.4, -0.2) is 25.0 Å². The summed E-state index contributed by atoms with van der Waals surface area (Å²) in [6.45, 7) is 0. The van der Waals surface area contributed by atoms with Crippen molar-refractivity contribution in [1.29, 1.82) is 0 Å². The number of esters is 1. The largest absolute Gasteiger partial charge is 0.467 e. The Morgan fingerprint density at radius 2 is 1.62 bits per heavy atom. The Hall–Kier alpha value is -3.35. The van der Waals surface area contributed by atoms with E-state index in [1.54, 1.807) is 18.2 Å². The summed E-state index contributed by atoms with van der Waals surface area (Å²) < 4.78 is 44.4. The average molecular weight is 401 g/mol. The molecular weight excluding hydrogens is 383 g/mol. The Morgan fingerprint density at radius 3 is 2.31 bits per heavy atom. The van der Waals surface area contributed by atoms with Gasteiger partial charge in [0.1, 0.15) is 6.04 Å². The van der Waals surface area contributed by atoms with E-state index in [4.69, 9.17) is 0 Å². The molecule has 3 aromatic carbocycles. The van der Waals surface area contributed by atoms with Crippen molar-refractivity contribution in [2.75, 3.05) is 7.11 Å². The van der Waals surface area contributed by atoms with Crippen LogP contribution in [0.2, 0.25) is 0 Å². The summed E-state index contributed by atoms with van der Waals surface area (Å²) in [5.41, 5.74) is -0.662. The van der Waals surface area contributed by atoms with E-state index in [2.05, 4.69) is 10.1 Å². The molecular formula is C22H18F3NO3. The molecule has 0 spiro atoms. The van der Waals surface area contributed by atoms with Crippen molar-refractivity contribution in [2.45, 2.75) is 18.6 Å². The molecule has 0 heterocycles. The van der Waals surface area contributed by atoms with Crippen LogP contribution in [0.1, 0.15) is 21.5 Å². The number of ether oxygens (including phenoxy) is 1. The monoisotopic (exact) mass is 401 g/mol. The number of methoxy groups -OCH3 is 1. The zero-order chi connectivity index (χ0) is 21.0. The van der Waals surface area contributed by atoms with E-state index in [9.17, 15) is 22.8 Å². The van der Waals surface area contributed by atoms with E-state index in [1.165, 1.54) is 18.2 Å². The Labute approximate surface area is 165 Å². The number of hydrogen-bond donors (Lipinski definition) is 1. The van der Waals surface area contributed by atoms with Crippen LogP contribution in [0.25, 0.3) is 10.8 Å². The standard InChI is InChI=1S/C22H18F3NO3/c1-29-21(28)19(13-16-8-4-5-9-18(16)22(23,24)25)26-20(27)17-11-10-14-6-2-3-7-15(14)12-17/h2-12,19H,13H2,1H3,(H,26,27)/t19-/m1/s1. The number of carbonyl (C=O) groups excluding carboxylic acids is 2. The normalized spacial score (nSPS) is 12.4. The number of benzene rings is 3. The Bertz CT molecular complexity index is 1050. The van der Waals surface area contributed by atoms with Gasteiger partial charge in [-0.1, -0.05) is 48.5 Å². The highest BCUT2D eigenvalue weighted by Gasteiger charge is 2.34. The molecule has 1 N–H and O–H groups in total. The van der Waals surface area contributed by atoms with Gasteiger partial charge in [0.05, 0.1) is 12.7 Å². The first-order valence-corrected chi connectivity index (χ1v) is 8.82. The lowest BCUT2D eigenvalue weighted by Gasteiger charge is -2.19. The highest BCUT2D eigenvalue weighted by atomic mass is 19.4. The minimum Gasteiger partial charge on any atom is -0.467 e. The fourth-order valence-corrected chi connectivity index (χ4v) is 3.10. The van der Waals surface area contributed by atoms with Crippen LogP contribution in [0.15, 0.2) is 66.7 Å². The highest BCUT2D eigenvalue weighted by molar-refractivity contribution is 6.00. The lowest BCUT2D eigenvalue weighted by molar-refractivity contribution is -0.144. The van der Waals surface area contributed by atoms with Gasteiger partial charge >= 0.3 is 12.1 Å². The predicted molar refractivity (Wildman–Crippen MR) is 102 cm³/mol. The minimum absolute atomic E-state index is 0.103. The van der Waals surface area contributed by atoms with Crippen LogP contribution in [0.3, 0.4) is 0 Å². The maximum atomic E-state index is 13.3. The molecule has 4 nitrogen and oxygen atoms in total. The number of hydrogen-bond acceptors (Lipinski definition) is 3. The summed E-state index contributed by atoms with van der Waals surface area (Å²) in [5, 5.41) is 4.26. The summed E-state index contributed by atoms with van der Waals surface area (Å²) in [6, 6.07) is 16.1. The van der Waals surface area contributed by atoms with Crippen LogP contribution < -0.4 is 5.32 Å². The second-order valence-electron chi connectivity index (χ2n) is 6.47. The molecule has 0 aliphatic carbocycles. The molecule has 29 heavy (non-hydrogen) atoms. The van der Waals surface area contributed by atoms with Crippen molar-refractivity contribution in [1.82, 2.24) is 5.32 Å². The zero-order valence-corrected chi connectivity index (χ0v) is 15.5. The predicted octanol–water partition coefficient (Wildman–Crippen LogP) is 4.37. The molecule has 3 rings (SSSR count). The summed E-state index contributed by atoms with van der Waals surface area (Å²) in [4.78, 5) is 24.8. The molecule has 150 valence electrons. The summed E-state index contributed by atoms with van der Waals surface area (Å²) in [7, 11) is 1.12. The highest BCUT2D eigenvalue weighted by Crippen LogP contribution is 2.32. The Balaban J connectivity index is 1.86. The van der Waals surface area contributed by atoms with E-state index >= 15 is 0 Å². The van der Waals surface area contributed by atoms with Crippen molar-refractivity contribution in [3.05, 3.63) is 83.4 Å². The fourth-order valence-electron chi connectivity index (χ4n) is 3.10. The Morgan fingerprint density at radius 1 is 0.966 bits per heavy atom. The molecule has 1 amide bonds. The molecule has 0 aromatic heterocycles. The third-order valence-corrected chi connectivity index (χ3v) is 4.55. The van der Waals surface area contributed by atoms with E-state index < -0.39 is 29.7 Å². The lowest BCUT2D eigenvalue weighted by Crippen LogP contribution is -2.43. The van der Waals surface area contributed by atoms with Crippen molar-refractivity contribution in [3.63, 3.8) is 0 Å². The maximum absolute atomic E-state index is 13.3. The Kier molecular flexibility index (Phi) is 5.87. The van der Waals surface area contributed by atoms with Gasteiger partial charge in [-0.2, -0.15) is 13.2 Å². The molecule has 0 bridgehead atoms. The molecule has 0 unspecified atom stereocenters. The SMILES string of the molecule is COC(=O)[C@@H](Cc1ccccc1C(F)(F)F)NC(=O)c1ccc2ccccc2c1. The van der Waals surface area contributed by atoms with Gasteiger partial charge in [0.25, 0.3) is 5.91 Å². The first kappa shape index (κ1) is 20.4. The van der Waals surface area contributed by atoms with E-state index in [1.807, 2.05) is 24.3 Å². The molecule has 1 atom stereocenters. The van der Waals surface area contributed by atoms with E-state index in [0.717, 1.165) is 23.9 Å². The summed E-state index contributed by atoms with van der Waals surface area (Å²) in [5.74, 6) is -1.40. The number of nitrogens with one attached hydrogen (secondary N) is 1. The van der Waals surface area contributed by atoms with Crippen LogP contribution in [0, 0.1) is 0 Å². The van der Waals surface area contributed by atoms with Crippen LogP contribution in [-0.2, 0) is 22.1 Å². The smallest absolute Gasteiger partial charge is 0.416 e. The second-order valence-corrected chi connectivity index (χ2v) is 6.47. The van der Waals surface area contributed by atoms with Gasteiger partial charge in [-0.3, -0.25) is 4.79 Å². The van der Waals surface area contributed by atoms with Crippen molar-refractivity contribution < 1.29 is 27.5 Å². The van der Waals surface area contributed by atoms with E-state index in [0.29, 0.717) is 5.56 Å². The van der Waals surface area contributed by atoms with Gasteiger partial charge in [0.2, 0.25) is 0 Å². The topological polar surface area (TPSA) is 55.4 Å². The average Bonchev–Trinajstić information content (AvgIpc) is 2.71. The molecule has 0 fully saturated rings. The van der Waals surface area contributed by atoms with Crippen LogP contribution in [0.5, 0.6) is 0 Å². The summed E-state index contributed by atoms with van der Waals surface area (Å²) in [6.07, 6.45) is -4.92. The lowest BCUT2D eigenvalue weighted by atomic mass is 9.99. The molecule has 0 saturated carbocycles. The van der Waals surface area contributed by atoms with Gasteiger partial charge in [0.15, 0.2) is 0 Å². The van der Waals surface area contributed by atoms with Crippen molar-refractivity contribution in [2.24, 2.45) is 0 Å². The molecule has 3 aromatic rings. The third kappa shape index (κ3) is 4.74. The van der Waals surface area contributed by atoms with Crippen molar-refractivity contribution in [3.8, 4) is 0 Å². The zero-order valence-electron chi connectivity index (χ0n) is 15.5. The molecule has 0 radical (unpaired) electrons. The third-order valence-electron chi connectivity index (χ3n) is 4.55. The molecule has 0 aliphatic heterocycles. The second kappa shape index (κ2) is 8.34. The van der Waals surface area contributed by atoms with Crippen LogP contribution in [0.4, 0.5) is 13.2 Å². The molecule has 0 saturated heterocycles. The van der Waals surface area contributed by atoms with Gasteiger partial charge in [-0.05, 0) is 34.5 Å². The van der Waals surface area contributed by atoms with E-state index in [-0.39, 0.29) is 12.0 Å². The molecule has 7 heteroatoms. The van der Waals surface area contributed by atoms with Gasteiger partial charge in [-0.25, -0.2) is 4.79 Å². The fraction of sp³-hybridized carbons (Fsp3) is 0.182. The number of carbonyl (C=O) groups is 2.